The van der Waals surface area contributed by atoms with Gasteiger partial charge in [0, 0.05) is 10.7 Å². The fourth-order valence-electron chi connectivity index (χ4n) is 1.68. The molecule has 0 saturated heterocycles. The van der Waals surface area contributed by atoms with Gasteiger partial charge < -0.3 is 0 Å². The monoisotopic (exact) mass is 322 g/mol. The highest BCUT2D eigenvalue weighted by molar-refractivity contribution is 8.13. The maximum atomic E-state index is 13.2. The molecule has 1 heterocycles. The van der Waals surface area contributed by atoms with Crippen molar-refractivity contribution in [2.45, 2.75) is 18.2 Å². The molecule has 0 N–H and O–H groups in total. The van der Waals surface area contributed by atoms with Crippen LogP contribution in [0.15, 0.2) is 29.2 Å². The zero-order valence-corrected chi connectivity index (χ0v) is 12.1. The lowest BCUT2D eigenvalue weighted by Crippen LogP contribution is -1.97. The van der Waals surface area contributed by atoms with Gasteiger partial charge in [0.1, 0.15) is 10.7 Å². The van der Waals surface area contributed by atoms with Gasteiger partial charge in [-0.25, -0.2) is 17.5 Å². The first-order valence-corrected chi connectivity index (χ1v) is 8.01. The van der Waals surface area contributed by atoms with E-state index in [9.17, 15) is 12.8 Å². The molecular weight excluding hydrogens is 314 g/mol. The Kier molecular flexibility index (Phi) is 3.85. The Morgan fingerprint density at radius 2 is 2.11 bits per heavy atom. The SMILES string of the molecule is CCc1nn(-c2cccc(F)c2)c(Cl)c1S(=O)(=O)Cl. The van der Waals surface area contributed by atoms with E-state index in [1.807, 2.05) is 0 Å². The molecule has 2 aromatic rings. The third-order valence-corrected chi connectivity index (χ3v) is 4.33. The molecular formula is C11H9Cl2FN2O2S. The second-order valence-corrected chi connectivity index (χ2v) is 6.61. The summed E-state index contributed by atoms with van der Waals surface area (Å²) in [6.45, 7) is 1.72. The smallest absolute Gasteiger partial charge is 0.220 e. The summed E-state index contributed by atoms with van der Waals surface area (Å²) in [5, 5.41) is 3.91. The Morgan fingerprint density at radius 1 is 1.42 bits per heavy atom. The zero-order valence-electron chi connectivity index (χ0n) is 9.77. The molecule has 8 heteroatoms. The lowest BCUT2D eigenvalue weighted by molar-refractivity contribution is 0.608. The summed E-state index contributed by atoms with van der Waals surface area (Å²) in [4.78, 5) is -0.234. The average Bonchev–Trinajstić information content (AvgIpc) is 2.66. The van der Waals surface area contributed by atoms with E-state index in [0.29, 0.717) is 12.1 Å². The van der Waals surface area contributed by atoms with E-state index in [2.05, 4.69) is 5.10 Å². The van der Waals surface area contributed by atoms with Gasteiger partial charge in [-0.15, -0.1) is 0 Å². The lowest BCUT2D eigenvalue weighted by Gasteiger charge is -2.02. The number of halogens is 3. The molecule has 0 aliphatic heterocycles. The van der Waals surface area contributed by atoms with Crippen LogP contribution in [-0.4, -0.2) is 18.2 Å². The third-order valence-electron chi connectivity index (χ3n) is 2.49. The minimum atomic E-state index is -4.01. The minimum Gasteiger partial charge on any atom is -0.220 e. The van der Waals surface area contributed by atoms with Crippen molar-refractivity contribution in [2.75, 3.05) is 0 Å². The van der Waals surface area contributed by atoms with Gasteiger partial charge in [-0.3, -0.25) is 0 Å². The number of nitrogens with zero attached hydrogens (tertiary/aromatic N) is 2. The van der Waals surface area contributed by atoms with Crippen molar-refractivity contribution < 1.29 is 12.8 Å². The standard InChI is InChI=1S/C11H9Cl2FN2O2S/c1-2-9-10(19(13,17)18)11(12)16(15-9)8-5-3-4-7(14)6-8/h3-6H,2H2,1H3. The van der Waals surface area contributed by atoms with Gasteiger partial charge in [0.05, 0.1) is 11.4 Å². The molecule has 0 atom stereocenters. The van der Waals surface area contributed by atoms with Crippen molar-refractivity contribution in [3.05, 3.63) is 40.9 Å². The number of aryl methyl sites for hydroxylation is 1. The van der Waals surface area contributed by atoms with Crippen LogP contribution in [0.5, 0.6) is 0 Å². The van der Waals surface area contributed by atoms with Crippen LogP contribution >= 0.6 is 22.3 Å². The van der Waals surface area contributed by atoms with Gasteiger partial charge in [0.15, 0.2) is 5.15 Å². The summed E-state index contributed by atoms with van der Waals surface area (Å²) < 4.78 is 37.3. The average molecular weight is 323 g/mol. The van der Waals surface area contributed by atoms with Crippen molar-refractivity contribution in [2.24, 2.45) is 0 Å². The van der Waals surface area contributed by atoms with Crippen LogP contribution in [0, 0.1) is 5.82 Å². The molecule has 0 aliphatic rings. The van der Waals surface area contributed by atoms with Crippen molar-refractivity contribution >= 4 is 31.3 Å². The van der Waals surface area contributed by atoms with Gasteiger partial charge in [0.2, 0.25) is 0 Å². The predicted molar refractivity (Wildman–Crippen MR) is 70.9 cm³/mol. The van der Waals surface area contributed by atoms with E-state index in [4.69, 9.17) is 22.3 Å². The quantitative estimate of drug-likeness (QED) is 0.815. The fourth-order valence-corrected chi connectivity index (χ4v) is 3.59. The van der Waals surface area contributed by atoms with Crippen LogP contribution in [0.4, 0.5) is 4.39 Å². The highest BCUT2D eigenvalue weighted by Crippen LogP contribution is 2.30. The lowest BCUT2D eigenvalue weighted by atomic mass is 10.3. The first-order valence-electron chi connectivity index (χ1n) is 5.32. The van der Waals surface area contributed by atoms with Crippen molar-refractivity contribution in [1.29, 1.82) is 0 Å². The first-order chi connectivity index (χ1) is 8.84. The Morgan fingerprint density at radius 3 is 2.58 bits per heavy atom. The Balaban J connectivity index is 2.71. The molecule has 102 valence electrons. The maximum absolute atomic E-state index is 13.2. The molecule has 0 aliphatic carbocycles. The minimum absolute atomic E-state index is 0.155. The van der Waals surface area contributed by atoms with Crippen LogP contribution in [-0.2, 0) is 15.5 Å². The summed E-state index contributed by atoms with van der Waals surface area (Å²) in [6, 6.07) is 5.50. The highest BCUT2D eigenvalue weighted by Gasteiger charge is 2.26. The summed E-state index contributed by atoms with van der Waals surface area (Å²) in [5.41, 5.74) is 0.565. The second-order valence-electron chi connectivity index (χ2n) is 3.75. The Hall–Kier alpha value is -1.11. The second kappa shape index (κ2) is 5.11. The highest BCUT2D eigenvalue weighted by atomic mass is 35.7. The summed E-state index contributed by atoms with van der Waals surface area (Å²) in [6.07, 6.45) is 0.337. The number of aromatic nitrogens is 2. The molecule has 0 fully saturated rings. The number of hydrogen-bond acceptors (Lipinski definition) is 3. The van der Waals surface area contributed by atoms with Crippen molar-refractivity contribution in [3.63, 3.8) is 0 Å². The van der Waals surface area contributed by atoms with Crippen LogP contribution in [0.2, 0.25) is 5.15 Å². The maximum Gasteiger partial charge on any atom is 0.266 e. The molecule has 4 nitrogen and oxygen atoms in total. The number of rotatable bonds is 3. The molecule has 1 aromatic heterocycles. The molecule has 1 aromatic carbocycles. The van der Waals surface area contributed by atoms with Crippen molar-refractivity contribution in [3.8, 4) is 5.69 Å². The Bertz CT molecular complexity index is 728. The van der Waals surface area contributed by atoms with Gasteiger partial charge >= 0.3 is 0 Å². The molecule has 0 amide bonds. The Labute approximate surface area is 119 Å². The van der Waals surface area contributed by atoms with E-state index in [-0.39, 0.29) is 15.7 Å². The van der Waals surface area contributed by atoms with E-state index in [1.165, 1.54) is 18.2 Å². The summed E-state index contributed by atoms with van der Waals surface area (Å²) in [5.74, 6) is -0.475. The van der Waals surface area contributed by atoms with Crippen LogP contribution < -0.4 is 0 Å². The van der Waals surface area contributed by atoms with E-state index < -0.39 is 14.9 Å². The molecule has 0 radical (unpaired) electrons. The predicted octanol–water partition coefficient (Wildman–Crippen LogP) is 3.15. The van der Waals surface area contributed by atoms with Crippen LogP contribution in [0.25, 0.3) is 5.69 Å². The molecule has 0 unspecified atom stereocenters. The van der Waals surface area contributed by atoms with Gasteiger partial charge in [-0.2, -0.15) is 5.10 Å². The van der Waals surface area contributed by atoms with Gasteiger partial charge in [0.25, 0.3) is 9.05 Å². The molecule has 0 saturated carbocycles. The summed E-state index contributed by atoms with van der Waals surface area (Å²) >= 11 is 5.99. The van der Waals surface area contributed by atoms with E-state index >= 15 is 0 Å². The molecule has 0 spiro atoms. The topological polar surface area (TPSA) is 52.0 Å². The number of hydrogen-bond donors (Lipinski definition) is 0. The van der Waals surface area contributed by atoms with E-state index in [0.717, 1.165) is 4.68 Å². The third kappa shape index (κ3) is 2.75. The number of benzene rings is 1. The normalized spacial score (nSPS) is 11.8. The largest absolute Gasteiger partial charge is 0.266 e. The summed E-state index contributed by atoms with van der Waals surface area (Å²) in [7, 11) is 1.33. The molecule has 19 heavy (non-hydrogen) atoms. The fraction of sp³-hybridized carbons (Fsp3) is 0.182. The molecule has 2 rings (SSSR count). The van der Waals surface area contributed by atoms with Gasteiger partial charge in [-0.05, 0) is 24.6 Å². The van der Waals surface area contributed by atoms with Crippen LogP contribution in [0.3, 0.4) is 0 Å². The van der Waals surface area contributed by atoms with Crippen LogP contribution in [0.1, 0.15) is 12.6 Å². The van der Waals surface area contributed by atoms with Gasteiger partial charge in [-0.1, -0.05) is 24.6 Å². The first kappa shape index (κ1) is 14.3. The molecule has 0 bridgehead atoms. The van der Waals surface area contributed by atoms with E-state index in [1.54, 1.807) is 13.0 Å². The zero-order chi connectivity index (χ0) is 14.2. The van der Waals surface area contributed by atoms with Crippen molar-refractivity contribution in [1.82, 2.24) is 9.78 Å².